The van der Waals surface area contributed by atoms with Crippen LogP contribution in [-0.4, -0.2) is 87.1 Å². The molecule has 0 saturated carbocycles. The Morgan fingerprint density at radius 3 is 2.36 bits per heavy atom. The third-order valence-electron chi connectivity index (χ3n) is 3.73. The van der Waals surface area contributed by atoms with E-state index in [-0.39, 0.29) is 24.5 Å². The van der Waals surface area contributed by atoms with Crippen molar-refractivity contribution in [3.8, 4) is 0 Å². The molecule has 0 aliphatic carbocycles. The summed E-state index contributed by atoms with van der Waals surface area (Å²) in [7, 11) is 3.16. The van der Waals surface area contributed by atoms with Gasteiger partial charge in [0.1, 0.15) is 6.10 Å². The van der Waals surface area contributed by atoms with Crippen LogP contribution in [0, 0.1) is 0 Å². The predicted octanol–water partition coefficient (Wildman–Crippen LogP) is -0.588. The van der Waals surface area contributed by atoms with Crippen LogP contribution in [0.4, 0.5) is 0 Å². The average Bonchev–Trinajstić information content (AvgIpc) is 2.99. The zero-order chi connectivity index (χ0) is 18.7. The second kappa shape index (κ2) is 11.6. The Balaban J connectivity index is 2.42. The molecule has 142 valence electrons. The quantitative estimate of drug-likeness (QED) is 0.372. The molecule has 9 heteroatoms. The summed E-state index contributed by atoms with van der Waals surface area (Å²) in [6, 6.07) is -0.0960. The van der Waals surface area contributed by atoms with Crippen molar-refractivity contribution in [2.45, 2.75) is 25.0 Å². The van der Waals surface area contributed by atoms with E-state index in [2.05, 4.69) is 5.32 Å². The van der Waals surface area contributed by atoms with Crippen LogP contribution in [0.3, 0.4) is 0 Å². The summed E-state index contributed by atoms with van der Waals surface area (Å²) in [4.78, 5) is 35.9. The first-order chi connectivity index (χ1) is 12.0. The fourth-order valence-electron chi connectivity index (χ4n) is 2.47. The van der Waals surface area contributed by atoms with Crippen molar-refractivity contribution in [1.82, 2.24) is 10.2 Å². The number of methoxy groups -OCH3 is 2. The van der Waals surface area contributed by atoms with E-state index in [1.807, 2.05) is 0 Å². The van der Waals surface area contributed by atoms with Crippen molar-refractivity contribution >= 4 is 17.8 Å². The maximum absolute atomic E-state index is 12.4. The molecule has 2 N–H and O–H groups in total. The lowest BCUT2D eigenvalue weighted by Gasteiger charge is -2.23. The number of hydrogen-bond donors (Lipinski definition) is 2. The molecule has 1 heterocycles. The molecule has 0 unspecified atom stereocenters. The number of esters is 1. The number of hydrogen-bond acceptors (Lipinski definition) is 7. The third-order valence-corrected chi connectivity index (χ3v) is 3.73. The van der Waals surface area contributed by atoms with Crippen LogP contribution in [0.2, 0.25) is 0 Å². The van der Waals surface area contributed by atoms with E-state index in [4.69, 9.17) is 19.3 Å². The summed E-state index contributed by atoms with van der Waals surface area (Å²) in [5.41, 5.74) is 0. The van der Waals surface area contributed by atoms with Crippen LogP contribution in [0.5, 0.6) is 0 Å². The van der Waals surface area contributed by atoms with E-state index in [0.29, 0.717) is 39.3 Å². The normalized spacial score (nSPS) is 19.9. The first-order valence-electron chi connectivity index (χ1n) is 8.07. The molecular weight excluding hydrogens is 332 g/mol. The number of nitrogens with zero attached hydrogens (tertiary/aromatic N) is 1. The molecule has 1 amide bonds. The van der Waals surface area contributed by atoms with Crippen molar-refractivity contribution in [1.29, 1.82) is 0 Å². The lowest BCUT2D eigenvalue weighted by Crippen LogP contribution is -2.39. The van der Waals surface area contributed by atoms with E-state index >= 15 is 0 Å². The number of carbonyl (C=O) groups excluding carboxylic acids is 2. The Morgan fingerprint density at radius 2 is 1.80 bits per heavy atom. The topological polar surface area (TPSA) is 114 Å². The van der Waals surface area contributed by atoms with Gasteiger partial charge in [-0.05, 0) is 0 Å². The molecular formula is C16H26N2O7. The van der Waals surface area contributed by atoms with Crippen LogP contribution in [0.25, 0.3) is 0 Å². The molecule has 1 aliphatic rings. The molecule has 1 fully saturated rings. The zero-order valence-electron chi connectivity index (χ0n) is 14.6. The summed E-state index contributed by atoms with van der Waals surface area (Å²) in [6.45, 7) is 2.31. The molecule has 0 radical (unpaired) electrons. The minimum Gasteiger partial charge on any atom is -0.478 e. The first kappa shape index (κ1) is 21.1. The van der Waals surface area contributed by atoms with Gasteiger partial charge < -0.3 is 29.5 Å². The molecule has 1 saturated heterocycles. The highest BCUT2D eigenvalue weighted by molar-refractivity contribution is 5.90. The SMILES string of the molecule is COCCN(CCOC)C(=O)C[C@@H]1C[C@@H](OC(=O)/C=C/C(=O)O)CN1. The number of nitrogens with one attached hydrogen (secondary N) is 1. The van der Waals surface area contributed by atoms with E-state index in [9.17, 15) is 14.4 Å². The second-order valence-corrected chi connectivity index (χ2v) is 5.64. The summed E-state index contributed by atoms with van der Waals surface area (Å²) < 4.78 is 15.2. The van der Waals surface area contributed by atoms with Crippen LogP contribution < -0.4 is 5.32 Å². The van der Waals surface area contributed by atoms with Gasteiger partial charge in [-0.2, -0.15) is 0 Å². The highest BCUT2D eigenvalue weighted by Crippen LogP contribution is 2.15. The van der Waals surface area contributed by atoms with Crippen LogP contribution in [-0.2, 0) is 28.6 Å². The van der Waals surface area contributed by atoms with E-state index < -0.39 is 11.9 Å². The number of carboxylic acid groups (broad SMARTS) is 1. The molecule has 0 aromatic heterocycles. The highest BCUT2D eigenvalue weighted by atomic mass is 16.5. The van der Waals surface area contributed by atoms with E-state index in [1.54, 1.807) is 19.1 Å². The smallest absolute Gasteiger partial charge is 0.331 e. The Hall–Kier alpha value is -1.97. The van der Waals surface area contributed by atoms with Gasteiger partial charge in [0.2, 0.25) is 5.91 Å². The average molecular weight is 358 g/mol. The molecule has 1 rings (SSSR count). The molecule has 0 bridgehead atoms. The number of ether oxygens (including phenoxy) is 3. The molecule has 0 aromatic rings. The third kappa shape index (κ3) is 8.62. The molecule has 9 nitrogen and oxygen atoms in total. The number of carboxylic acids is 1. The van der Waals surface area contributed by atoms with Crippen molar-refractivity contribution < 1.29 is 33.7 Å². The fourth-order valence-corrected chi connectivity index (χ4v) is 2.47. The van der Waals surface area contributed by atoms with Gasteiger partial charge in [0.25, 0.3) is 0 Å². The number of amides is 1. The second-order valence-electron chi connectivity index (χ2n) is 5.64. The van der Waals surface area contributed by atoms with Gasteiger partial charge in [-0.15, -0.1) is 0 Å². The van der Waals surface area contributed by atoms with Gasteiger partial charge in [0, 0.05) is 64.9 Å². The van der Waals surface area contributed by atoms with Crippen molar-refractivity contribution in [2.24, 2.45) is 0 Å². The number of carbonyl (C=O) groups is 3. The molecule has 0 aromatic carbocycles. The summed E-state index contributed by atoms with van der Waals surface area (Å²) in [5.74, 6) is -1.94. The van der Waals surface area contributed by atoms with Crippen LogP contribution >= 0.6 is 0 Å². The van der Waals surface area contributed by atoms with E-state index in [0.717, 1.165) is 12.2 Å². The van der Waals surface area contributed by atoms with E-state index in [1.165, 1.54) is 0 Å². The highest BCUT2D eigenvalue weighted by Gasteiger charge is 2.29. The standard InChI is InChI=1S/C16H26N2O7/c1-23-7-5-18(6-8-24-2)14(19)10-12-9-13(11-17-12)25-16(22)4-3-15(20)21/h3-4,12-13,17H,5-11H2,1-2H3,(H,20,21)/b4-3+/t12-,13+/m0/s1. The van der Waals surface area contributed by atoms with Gasteiger partial charge in [0.15, 0.2) is 0 Å². The Kier molecular flexibility index (Phi) is 9.75. The zero-order valence-corrected chi connectivity index (χ0v) is 14.6. The largest absolute Gasteiger partial charge is 0.478 e. The van der Waals surface area contributed by atoms with Gasteiger partial charge in [0.05, 0.1) is 13.2 Å². The van der Waals surface area contributed by atoms with Gasteiger partial charge in [-0.1, -0.05) is 0 Å². The predicted molar refractivity (Wildman–Crippen MR) is 88.0 cm³/mol. The van der Waals surface area contributed by atoms with Crippen molar-refractivity contribution in [3.05, 3.63) is 12.2 Å². The number of rotatable bonds is 11. The molecule has 25 heavy (non-hydrogen) atoms. The first-order valence-corrected chi connectivity index (χ1v) is 8.07. The Morgan fingerprint density at radius 1 is 1.16 bits per heavy atom. The van der Waals surface area contributed by atoms with Gasteiger partial charge in [-0.3, -0.25) is 4.79 Å². The van der Waals surface area contributed by atoms with Crippen molar-refractivity contribution in [2.75, 3.05) is 47.1 Å². The van der Waals surface area contributed by atoms with Crippen LogP contribution in [0.1, 0.15) is 12.8 Å². The lowest BCUT2D eigenvalue weighted by molar-refractivity contribution is -0.142. The Labute approximate surface area is 146 Å². The lowest BCUT2D eigenvalue weighted by atomic mass is 10.1. The van der Waals surface area contributed by atoms with Gasteiger partial charge in [-0.25, -0.2) is 9.59 Å². The Bertz CT molecular complexity index is 473. The number of aliphatic carboxylic acids is 1. The maximum atomic E-state index is 12.4. The molecule has 2 atom stereocenters. The summed E-state index contributed by atoms with van der Waals surface area (Å²) >= 11 is 0. The van der Waals surface area contributed by atoms with Crippen LogP contribution in [0.15, 0.2) is 12.2 Å². The minimum atomic E-state index is -1.21. The summed E-state index contributed by atoms with van der Waals surface area (Å²) in [5, 5.41) is 11.6. The summed E-state index contributed by atoms with van der Waals surface area (Å²) in [6.07, 6.45) is 2.01. The molecule has 1 aliphatic heterocycles. The minimum absolute atomic E-state index is 0.0238. The maximum Gasteiger partial charge on any atom is 0.331 e. The monoisotopic (exact) mass is 358 g/mol. The van der Waals surface area contributed by atoms with Gasteiger partial charge >= 0.3 is 11.9 Å². The van der Waals surface area contributed by atoms with Crippen molar-refractivity contribution in [3.63, 3.8) is 0 Å². The fraction of sp³-hybridized carbons (Fsp3) is 0.688. The molecule has 0 spiro atoms.